The molecule has 2 fully saturated rings. The minimum atomic E-state index is -0.384. The lowest BCUT2D eigenvalue weighted by molar-refractivity contribution is -0.0738. The molecule has 6 heteroatoms. The number of hydrogen-bond acceptors (Lipinski definition) is 4. The Morgan fingerprint density at radius 2 is 1.82 bits per heavy atom. The molecular weight excluding hydrogens is 218 g/mol. The van der Waals surface area contributed by atoms with E-state index in [1.54, 1.807) is 0 Å². The van der Waals surface area contributed by atoms with Gasteiger partial charge in [-0.05, 0) is 19.3 Å². The minimum Gasteiger partial charge on any atom is -0.390 e. The first-order valence-electron chi connectivity index (χ1n) is 6.70. The lowest BCUT2D eigenvalue weighted by Crippen LogP contribution is -2.32. The van der Waals surface area contributed by atoms with Crippen molar-refractivity contribution in [3.8, 4) is 0 Å². The molecule has 4 nitrogen and oxygen atoms in total. The molecule has 1 N–H and O–H groups in total. The van der Waals surface area contributed by atoms with Crippen LogP contribution in [-0.2, 0) is 14.2 Å². The van der Waals surface area contributed by atoms with Crippen LogP contribution in [0.15, 0.2) is 0 Å². The van der Waals surface area contributed by atoms with E-state index in [0.29, 0.717) is 13.0 Å². The van der Waals surface area contributed by atoms with Crippen molar-refractivity contribution in [2.75, 3.05) is 6.61 Å². The molecule has 0 aromatic rings. The SMILES string of the molecule is B[C@H]1C[C@@H](O)[C@@H](CO[C@@H]2C[C@H](B)O[C@@H]2CC)O1. The van der Waals surface area contributed by atoms with Gasteiger partial charge in [-0.25, -0.2) is 0 Å². The Balaban J connectivity index is 1.78. The van der Waals surface area contributed by atoms with Gasteiger partial charge in [0.2, 0.25) is 0 Å². The van der Waals surface area contributed by atoms with Crippen molar-refractivity contribution in [3.05, 3.63) is 0 Å². The van der Waals surface area contributed by atoms with Crippen molar-refractivity contribution < 1.29 is 19.3 Å². The maximum Gasteiger partial charge on any atom is 0.139 e. The third-order valence-corrected chi connectivity index (χ3v) is 3.67. The van der Waals surface area contributed by atoms with Gasteiger partial charge < -0.3 is 19.3 Å². The van der Waals surface area contributed by atoms with E-state index in [-0.39, 0.29) is 36.4 Å². The van der Waals surface area contributed by atoms with Crippen LogP contribution in [0.25, 0.3) is 0 Å². The summed E-state index contributed by atoms with van der Waals surface area (Å²) in [6, 6.07) is 0.414. The van der Waals surface area contributed by atoms with Gasteiger partial charge in [0.25, 0.3) is 0 Å². The predicted molar refractivity (Wildman–Crippen MR) is 69.7 cm³/mol. The number of aliphatic hydroxyl groups is 1. The van der Waals surface area contributed by atoms with Crippen LogP contribution in [0.4, 0.5) is 0 Å². The van der Waals surface area contributed by atoms with Gasteiger partial charge in [-0.15, -0.1) is 0 Å². The monoisotopic (exact) mass is 240 g/mol. The van der Waals surface area contributed by atoms with E-state index in [0.717, 1.165) is 12.8 Å². The Morgan fingerprint density at radius 3 is 2.41 bits per heavy atom. The van der Waals surface area contributed by atoms with E-state index in [1.807, 2.05) is 7.85 Å². The van der Waals surface area contributed by atoms with Crippen LogP contribution in [-0.4, -0.2) is 63.8 Å². The van der Waals surface area contributed by atoms with E-state index >= 15 is 0 Å². The van der Waals surface area contributed by atoms with Crippen molar-refractivity contribution >= 4 is 15.7 Å². The Bertz CT molecular complexity index is 254. The van der Waals surface area contributed by atoms with Crippen molar-refractivity contribution in [2.24, 2.45) is 0 Å². The summed E-state index contributed by atoms with van der Waals surface area (Å²) in [5.74, 6) is 0. The molecule has 0 aromatic carbocycles. The lowest BCUT2D eigenvalue weighted by Gasteiger charge is -2.21. The zero-order valence-corrected chi connectivity index (χ0v) is 11.0. The summed E-state index contributed by atoms with van der Waals surface area (Å²) in [5, 5.41) is 9.77. The van der Waals surface area contributed by atoms with Gasteiger partial charge in [0.15, 0.2) is 0 Å². The highest BCUT2D eigenvalue weighted by Crippen LogP contribution is 2.25. The first-order valence-corrected chi connectivity index (χ1v) is 6.70. The Morgan fingerprint density at radius 1 is 1.18 bits per heavy atom. The highest BCUT2D eigenvalue weighted by molar-refractivity contribution is 6.11. The molecule has 0 aliphatic carbocycles. The smallest absolute Gasteiger partial charge is 0.139 e. The van der Waals surface area contributed by atoms with E-state index in [4.69, 9.17) is 14.2 Å². The summed E-state index contributed by atoms with van der Waals surface area (Å²) < 4.78 is 17.2. The molecule has 2 aliphatic rings. The predicted octanol–water partition coefficient (Wildman–Crippen LogP) is -1.36. The fraction of sp³-hybridized carbons (Fsp3) is 1.00. The second kappa shape index (κ2) is 5.74. The molecule has 96 valence electrons. The van der Waals surface area contributed by atoms with E-state index in [2.05, 4.69) is 14.8 Å². The van der Waals surface area contributed by atoms with Gasteiger partial charge >= 0.3 is 0 Å². The van der Waals surface area contributed by atoms with Crippen molar-refractivity contribution in [3.63, 3.8) is 0 Å². The van der Waals surface area contributed by atoms with Crippen molar-refractivity contribution in [2.45, 2.75) is 62.6 Å². The third-order valence-electron chi connectivity index (χ3n) is 3.67. The zero-order chi connectivity index (χ0) is 12.4. The molecule has 2 aliphatic heterocycles. The zero-order valence-electron chi connectivity index (χ0n) is 11.0. The molecule has 17 heavy (non-hydrogen) atoms. The molecule has 0 bridgehead atoms. The quantitative estimate of drug-likeness (QED) is 0.616. The normalized spacial score (nSPS) is 46.5. The molecule has 0 aromatic heterocycles. The van der Waals surface area contributed by atoms with Crippen molar-refractivity contribution in [1.82, 2.24) is 0 Å². The fourth-order valence-electron chi connectivity index (χ4n) is 2.76. The Labute approximate surface area is 105 Å². The summed E-state index contributed by atoms with van der Waals surface area (Å²) >= 11 is 0. The second-order valence-electron chi connectivity index (χ2n) is 5.29. The molecule has 2 saturated heterocycles. The summed E-state index contributed by atoms with van der Waals surface area (Å²) in [7, 11) is 4.06. The van der Waals surface area contributed by atoms with Crippen LogP contribution in [0.2, 0.25) is 0 Å². The van der Waals surface area contributed by atoms with Crippen LogP contribution in [0.3, 0.4) is 0 Å². The first kappa shape index (κ1) is 13.4. The topological polar surface area (TPSA) is 47.9 Å². The molecular formula is C11H22B2O4. The number of hydrogen-bond donors (Lipinski definition) is 1. The fourth-order valence-corrected chi connectivity index (χ4v) is 2.76. The summed E-state index contributed by atoms with van der Waals surface area (Å²) in [5.41, 5.74) is 0. The molecule has 0 spiro atoms. The Kier molecular flexibility index (Phi) is 4.53. The highest BCUT2D eigenvalue weighted by Gasteiger charge is 2.36. The molecule has 0 saturated carbocycles. The van der Waals surface area contributed by atoms with Crippen LogP contribution in [0.1, 0.15) is 26.2 Å². The van der Waals surface area contributed by atoms with Gasteiger partial charge in [0.1, 0.15) is 21.8 Å². The van der Waals surface area contributed by atoms with Crippen LogP contribution in [0.5, 0.6) is 0 Å². The van der Waals surface area contributed by atoms with E-state index in [9.17, 15) is 5.11 Å². The van der Waals surface area contributed by atoms with Crippen LogP contribution < -0.4 is 0 Å². The van der Waals surface area contributed by atoms with Gasteiger partial charge in [0, 0.05) is 12.0 Å². The summed E-state index contributed by atoms with van der Waals surface area (Å²) in [6.45, 7) is 2.59. The average Bonchev–Trinajstić information content (AvgIpc) is 2.78. The van der Waals surface area contributed by atoms with Crippen molar-refractivity contribution in [1.29, 1.82) is 0 Å². The second-order valence-corrected chi connectivity index (χ2v) is 5.29. The van der Waals surface area contributed by atoms with E-state index in [1.165, 1.54) is 0 Å². The average molecular weight is 240 g/mol. The molecule has 0 amide bonds. The summed E-state index contributed by atoms with van der Waals surface area (Å²) in [4.78, 5) is 0. The number of rotatable bonds is 4. The van der Waals surface area contributed by atoms with Crippen LogP contribution in [0, 0.1) is 0 Å². The minimum absolute atomic E-state index is 0.138. The first-order chi connectivity index (χ1) is 8.10. The molecule has 6 atom stereocenters. The lowest BCUT2D eigenvalue weighted by atomic mass is 9.95. The number of aliphatic hydroxyl groups excluding tert-OH is 1. The van der Waals surface area contributed by atoms with Gasteiger partial charge in [-0.3, -0.25) is 0 Å². The maximum absolute atomic E-state index is 9.77. The van der Waals surface area contributed by atoms with Gasteiger partial charge in [0.05, 0.1) is 24.9 Å². The van der Waals surface area contributed by atoms with Gasteiger partial charge in [-0.2, -0.15) is 0 Å². The standard InChI is InChI=1S/C11H22B2O4/c1-2-7-8(4-11(13)16-7)15-5-9-6(14)3-10(12)17-9/h6-11,14H,2-5,12-13H2,1H3/t6-,7-,8-,9-,10-,11-/m1/s1. The van der Waals surface area contributed by atoms with E-state index < -0.39 is 0 Å². The van der Waals surface area contributed by atoms with Crippen LogP contribution >= 0.6 is 0 Å². The summed E-state index contributed by atoms with van der Waals surface area (Å²) in [6.07, 6.45) is 2.42. The third kappa shape index (κ3) is 3.25. The molecule has 2 rings (SSSR count). The molecule has 2 heterocycles. The molecule has 0 radical (unpaired) electrons. The van der Waals surface area contributed by atoms with Gasteiger partial charge in [-0.1, -0.05) is 6.92 Å². The number of ether oxygens (including phenoxy) is 3. The highest BCUT2D eigenvalue weighted by atomic mass is 16.6. The largest absolute Gasteiger partial charge is 0.390 e. The maximum atomic E-state index is 9.77. The Hall–Kier alpha value is -0.0301. The molecule has 0 unspecified atom stereocenters.